The van der Waals surface area contributed by atoms with Gasteiger partial charge in [-0.15, -0.1) is 0 Å². The first-order valence-corrected chi connectivity index (χ1v) is 13.2. The van der Waals surface area contributed by atoms with Gasteiger partial charge in [0.2, 0.25) is 0 Å². The average Bonchev–Trinajstić information content (AvgIpc) is 3.41. The van der Waals surface area contributed by atoms with Crippen LogP contribution in [0.2, 0.25) is 0 Å². The molecule has 1 aliphatic rings. The van der Waals surface area contributed by atoms with E-state index in [0.29, 0.717) is 22.8 Å². The molecule has 3 aromatic heterocycles. The topological polar surface area (TPSA) is 97.2 Å². The fourth-order valence-electron chi connectivity index (χ4n) is 4.76. The van der Waals surface area contributed by atoms with Crippen LogP contribution in [-0.4, -0.2) is 38.9 Å². The van der Waals surface area contributed by atoms with Gasteiger partial charge in [0.15, 0.2) is 11.6 Å². The average molecular weight is 538 g/mol. The van der Waals surface area contributed by atoms with Gasteiger partial charge in [-0.3, -0.25) is 9.67 Å². The summed E-state index contributed by atoms with van der Waals surface area (Å²) in [6, 6.07) is 16.7. The molecule has 1 aliphatic heterocycles. The fraction of sp³-hybridized carbons (Fsp3) is 0.200. The number of aryl methyl sites for hydroxylation is 1. The summed E-state index contributed by atoms with van der Waals surface area (Å²) in [4.78, 5) is 24.1. The Morgan fingerprint density at radius 1 is 0.950 bits per heavy atom. The molecule has 1 saturated heterocycles. The summed E-state index contributed by atoms with van der Waals surface area (Å²) < 4.78 is 22.3. The summed E-state index contributed by atoms with van der Waals surface area (Å²) in [5.41, 5.74) is 3.26. The number of urea groups is 1. The van der Waals surface area contributed by atoms with Gasteiger partial charge in [0.05, 0.1) is 17.4 Å². The Hall–Kier alpha value is -4.99. The molecule has 40 heavy (non-hydrogen) atoms. The normalized spacial score (nSPS) is 13.3. The van der Waals surface area contributed by atoms with Crippen molar-refractivity contribution in [1.29, 1.82) is 0 Å². The molecule has 2 aromatic carbocycles. The molecule has 0 radical (unpaired) electrons. The maximum Gasteiger partial charge on any atom is 0.323 e. The Morgan fingerprint density at radius 3 is 2.52 bits per heavy atom. The van der Waals surface area contributed by atoms with Gasteiger partial charge in [-0.05, 0) is 67.8 Å². The molecule has 5 aromatic rings. The van der Waals surface area contributed by atoms with Crippen molar-refractivity contribution in [1.82, 2.24) is 19.7 Å². The van der Waals surface area contributed by atoms with Crippen LogP contribution in [0.5, 0.6) is 11.5 Å². The molecule has 10 heteroatoms. The number of hydrogen-bond acceptors (Lipinski definition) is 6. The van der Waals surface area contributed by atoms with Gasteiger partial charge in [-0.25, -0.2) is 14.2 Å². The summed E-state index contributed by atoms with van der Waals surface area (Å²) in [7, 11) is 1.82. The molecule has 0 saturated carbocycles. The van der Waals surface area contributed by atoms with Crippen LogP contribution in [0.15, 0.2) is 79.3 Å². The highest BCUT2D eigenvalue weighted by Crippen LogP contribution is 2.29. The van der Waals surface area contributed by atoms with Crippen LogP contribution in [0.3, 0.4) is 0 Å². The van der Waals surface area contributed by atoms with Crippen LogP contribution in [0, 0.1) is 5.82 Å². The third-order valence-corrected chi connectivity index (χ3v) is 6.76. The first-order chi connectivity index (χ1) is 19.5. The van der Waals surface area contributed by atoms with Crippen molar-refractivity contribution in [2.45, 2.75) is 19.3 Å². The molecule has 0 spiro atoms. The summed E-state index contributed by atoms with van der Waals surface area (Å²) in [5, 5.41) is 10.5. The molecular formula is C30H28FN7O2. The number of benzene rings is 2. The molecular weight excluding hydrogens is 509 g/mol. The number of hydrogen-bond donors (Lipinski definition) is 2. The molecule has 9 nitrogen and oxygen atoms in total. The zero-order chi connectivity index (χ0) is 27.5. The van der Waals surface area contributed by atoms with Gasteiger partial charge in [-0.2, -0.15) is 5.10 Å². The molecule has 1 fully saturated rings. The number of carbonyl (C=O) groups is 1. The van der Waals surface area contributed by atoms with Gasteiger partial charge < -0.3 is 20.3 Å². The van der Waals surface area contributed by atoms with Crippen molar-refractivity contribution >= 4 is 34.1 Å². The van der Waals surface area contributed by atoms with E-state index >= 15 is 0 Å². The number of piperidine rings is 1. The monoisotopic (exact) mass is 537 g/mol. The molecule has 0 unspecified atom stereocenters. The molecule has 202 valence electrons. The molecule has 0 aliphatic carbocycles. The second-order valence-corrected chi connectivity index (χ2v) is 9.73. The third kappa shape index (κ3) is 5.70. The van der Waals surface area contributed by atoms with E-state index in [9.17, 15) is 9.18 Å². The first kappa shape index (κ1) is 25.3. The van der Waals surface area contributed by atoms with Gasteiger partial charge >= 0.3 is 6.03 Å². The van der Waals surface area contributed by atoms with Gasteiger partial charge in [0, 0.05) is 67.0 Å². The molecule has 2 amide bonds. The summed E-state index contributed by atoms with van der Waals surface area (Å²) in [5.74, 6) is 0.831. The van der Waals surface area contributed by atoms with Crippen molar-refractivity contribution in [2.24, 2.45) is 7.05 Å². The van der Waals surface area contributed by atoms with E-state index in [1.165, 1.54) is 31.4 Å². The standard InChI is InChI=1S/C30H28FN7O2/c1-37-19-21(18-33-37)27-17-24(11-12-32-27)40-28-9-7-23(16-25(28)31)35-30(39)34-22-6-8-26-20(15-22)5-10-29(36-26)38-13-3-2-4-14-38/h5-12,15-19H,2-4,13-14H2,1H3,(H2,34,35,39). The van der Waals surface area contributed by atoms with Crippen LogP contribution < -0.4 is 20.3 Å². The van der Waals surface area contributed by atoms with Crippen LogP contribution in [0.1, 0.15) is 19.3 Å². The van der Waals surface area contributed by atoms with Crippen molar-refractivity contribution in [3.63, 3.8) is 0 Å². The molecule has 0 atom stereocenters. The molecule has 6 rings (SSSR count). The summed E-state index contributed by atoms with van der Waals surface area (Å²) >= 11 is 0. The van der Waals surface area contributed by atoms with Crippen LogP contribution in [0.25, 0.3) is 22.2 Å². The molecule has 0 bridgehead atoms. The summed E-state index contributed by atoms with van der Waals surface area (Å²) in [6.07, 6.45) is 8.77. The van der Waals surface area contributed by atoms with Crippen LogP contribution in [-0.2, 0) is 7.05 Å². The SMILES string of the molecule is Cn1cc(-c2cc(Oc3ccc(NC(=O)Nc4ccc5nc(N6CCCCC6)ccc5c4)cc3F)ccn2)cn1. The largest absolute Gasteiger partial charge is 0.454 e. The van der Waals surface area contributed by atoms with E-state index in [-0.39, 0.29) is 5.75 Å². The number of fused-ring (bicyclic) bond motifs is 1. The van der Waals surface area contributed by atoms with Crippen molar-refractivity contribution in [2.75, 3.05) is 28.6 Å². The lowest BCUT2D eigenvalue weighted by atomic mass is 10.1. The highest BCUT2D eigenvalue weighted by molar-refractivity contribution is 6.01. The fourth-order valence-corrected chi connectivity index (χ4v) is 4.76. The van der Waals surface area contributed by atoms with E-state index in [0.717, 1.165) is 35.4 Å². The predicted octanol–water partition coefficient (Wildman–Crippen LogP) is 6.60. The van der Waals surface area contributed by atoms with E-state index in [4.69, 9.17) is 9.72 Å². The number of ether oxygens (including phenoxy) is 1. The lowest BCUT2D eigenvalue weighted by Gasteiger charge is -2.27. The minimum Gasteiger partial charge on any atom is -0.454 e. The van der Waals surface area contributed by atoms with Crippen molar-refractivity contribution < 1.29 is 13.9 Å². The zero-order valence-electron chi connectivity index (χ0n) is 22.0. The van der Waals surface area contributed by atoms with Gasteiger partial charge in [0.25, 0.3) is 0 Å². The highest BCUT2D eigenvalue weighted by Gasteiger charge is 2.14. The Morgan fingerprint density at radius 2 is 1.75 bits per heavy atom. The first-order valence-electron chi connectivity index (χ1n) is 13.2. The highest BCUT2D eigenvalue weighted by atomic mass is 19.1. The number of nitrogens with zero attached hydrogens (tertiary/aromatic N) is 5. The van der Waals surface area contributed by atoms with E-state index in [1.807, 2.05) is 37.5 Å². The minimum absolute atomic E-state index is 0.0280. The number of rotatable bonds is 6. The number of aromatic nitrogens is 4. The van der Waals surface area contributed by atoms with Gasteiger partial charge in [-0.1, -0.05) is 0 Å². The quantitative estimate of drug-likeness (QED) is 0.253. The second-order valence-electron chi connectivity index (χ2n) is 9.73. The van der Waals surface area contributed by atoms with E-state index < -0.39 is 11.8 Å². The zero-order valence-corrected chi connectivity index (χ0v) is 22.0. The lowest BCUT2D eigenvalue weighted by molar-refractivity contribution is 0.262. The van der Waals surface area contributed by atoms with E-state index in [1.54, 1.807) is 41.3 Å². The Kier molecular flexibility index (Phi) is 6.96. The van der Waals surface area contributed by atoms with E-state index in [2.05, 4.69) is 25.6 Å². The number of carbonyl (C=O) groups excluding carboxylic acids is 1. The van der Waals surface area contributed by atoms with Crippen molar-refractivity contribution in [3.05, 3.63) is 85.1 Å². The Bertz CT molecular complexity index is 1680. The number of anilines is 3. The maximum absolute atomic E-state index is 14.8. The number of halogens is 1. The second kappa shape index (κ2) is 11.0. The molecule has 2 N–H and O–H groups in total. The minimum atomic E-state index is -0.612. The Balaban J connectivity index is 1.09. The number of nitrogens with one attached hydrogen (secondary N) is 2. The van der Waals surface area contributed by atoms with Crippen LogP contribution >= 0.6 is 0 Å². The number of amides is 2. The van der Waals surface area contributed by atoms with Gasteiger partial charge in [0.1, 0.15) is 11.6 Å². The third-order valence-electron chi connectivity index (χ3n) is 6.76. The van der Waals surface area contributed by atoms with Crippen molar-refractivity contribution in [3.8, 4) is 22.8 Å². The van der Waals surface area contributed by atoms with Crippen LogP contribution in [0.4, 0.5) is 26.4 Å². The lowest BCUT2D eigenvalue weighted by Crippen LogP contribution is -2.30. The Labute approximate surface area is 230 Å². The maximum atomic E-state index is 14.8. The predicted molar refractivity (Wildman–Crippen MR) is 153 cm³/mol. The number of pyridine rings is 2. The smallest absolute Gasteiger partial charge is 0.323 e. The molecule has 4 heterocycles. The summed E-state index contributed by atoms with van der Waals surface area (Å²) in [6.45, 7) is 2.06.